The molecule has 1 amide bonds. The Balaban J connectivity index is 1.56. The van der Waals surface area contributed by atoms with Gasteiger partial charge in [0, 0.05) is 37.1 Å². The summed E-state index contributed by atoms with van der Waals surface area (Å²) in [7, 11) is 2.21. The molecule has 2 aromatic rings. The van der Waals surface area contributed by atoms with Crippen LogP contribution in [0.3, 0.4) is 0 Å². The molecule has 4 nitrogen and oxygen atoms in total. The van der Waals surface area contributed by atoms with E-state index in [1.807, 2.05) is 30.5 Å². The van der Waals surface area contributed by atoms with E-state index in [2.05, 4.69) is 34.4 Å². The Labute approximate surface area is 156 Å². The maximum absolute atomic E-state index is 12.4. The molecule has 1 heterocycles. The number of benzene rings is 1. The average Bonchev–Trinajstić information content (AvgIpc) is 2.69. The summed E-state index contributed by atoms with van der Waals surface area (Å²) in [5, 5.41) is 3.10. The van der Waals surface area contributed by atoms with Gasteiger partial charge in [0.1, 0.15) is 0 Å². The molecule has 0 unspecified atom stereocenters. The van der Waals surface area contributed by atoms with E-state index in [1.54, 1.807) is 6.20 Å². The molecule has 1 aliphatic carbocycles. The van der Waals surface area contributed by atoms with Crippen LogP contribution in [0.25, 0.3) is 0 Å². The standard InChI is InChI=1S/C22H29N3O/c1-25(20-10-3-2-4-11-20)17-19-9-5-6-12-21(19)24-22(26)14-13-18-8-7-15-23-16-18/h5-9,12,15-16,20H,2-4,10-11,13-14,17H2,1H3,(H,24,26). The zero-order valence-electron chi connectivity index (χ0n) is 15.7. The van der Waals surface area contributed by atoms with Gasteiger partial charge in [-0.2, -0.15) is 0 Å². The van der Waals surface area contributed by atoms with E-state index in [0.29, 0.717) is 18.9 Å². The highest BCUT2D eigenvalue weighted by atomic mass is 16.1. The van der Waals surface area contributed by atoms with Crippen LogP contribution in [0, 0.1) is 0 Å². The predicted octanol–water partition coefficient (Wildman–Crippen LogP) is 4.42. The van der Waals surface area contributed by atoms with Gasteiger partial charge in [-0.1, -0.05) is 43.5 Å². The number of carbonyl (C=O) groups is 1. The quantitative estimate of drug-likeness (QED) is 0.803. The molecule has 0 bridgehead atoms. The van der Waals surface area contributed by atoms with E-state index in [1.165, 1.54) is 37.7 Å². The molecule has 3 rings (SSSR count). The number of pyridine rings is 1. The SMILES string of the molecule is CN(Cc1ccccc1NC(=O)CCc1cccnc1)C1CCCCC1. The van der Waals surface area contributed by atoms with Crippen LogP contribution in [0.5, 0.6) is 0 Å². The van der Waals surface area contributed by atoms with Crippen LogP contribution in [-0.4, -0.2) is 28.9 Å². The number of anilines is 1. The Morgan fingerprint density at radius 2 is 1.96 bits per heavy atom. The maximum atomic E-state index is 12.4. The van der Waals surface area contributed by atoms with Gasteiger partial charge in [0.2, 0.25) is 5.91 Å². The second kappa shape index (κ2) is 9.48. The minimum absolute atomic E-state index is 0.0571. The summed E-state index contributed by atoms with van der Waals surface area (Å²) in [4.78, 5) is 18.9. The number of hydrogen-bond donors (Lipinski definition) is 1. The van der Waals surface area contributed by atoms with Crippen molar-refractivity contribution in [3.05, 3.63) is 59.9 Å². The Morgan fingerprint density at radius 3 is 2.73 bits per heavy atom. The summed E-state index contributed by atoms with van der Waals surface area (Å²) in [6.07, 6.45) is 11.4. The number of aryl methyl sites for hydroxylation is 1. The fourth-order valence-corrected chi connectivity index (χ4v) is 3.72. The summed E-state index contributed by atoms with van der Waals surface area (Å²) in [6.45, 7) is 0.879. The van der Waals surface area contributed by atoms with Crippen LogP contribution >= 0.6 is 0 Å². The highest BCUT2D eigenvalue weighted by Crippen LogP contribution is 2.25. The van der Waals surface area contributed by atoms with Crippen LogP contribution < -0.4 is 5.32 Å². The van der Waals surface area contributed by atoms with E-state index in [0.717, 1.165) is 17.8 Å². The van der Waals surface area contributed by atoms with Crippen molar-refractivity contribution < 1.29 is 4.79 Å². The summed E-state index contributed by atoms with van der Waals surface area (Å²) in [6, 6.07) is 12.7. The number of para-hydroxylation sites is 1. The van der Waals surface area contributed by atoms with Crippen LogP contribution in [0.15, 0.2) is 48.8 Å². The van der Waals surface area contributed by atoms with Crippen molar-refractivity contribution in [1.29, 1.82) is 0 Å². The molecule has 0 atom stereocenters. The van der Waals surface area contributed by atoms with E-state index < -0.39 is 0 Å². The molecule has 0 aliphatic heterocycles. The molecule has 1 aromatic heterocycles. The lowest BCUT2D eigenvalue weighted by molar-refractivity contribution is -0.116. The van der Waals surface area contributed by atoms with Gasteiger partial charge >= 0.3 is 0 Å². The fourth-order valence-electron chi connectivity index (χ4n) is 3.72. The lowest BCUT2D eigenvalue weighted by Crippen LogP contribution is -2.33. The lowest BCUT2D eigenvalue weighted by atomic mass is 9.94. The first-order valence-corrected chi connectivity index (χ1v) is 9.69. The average molecular weight is 351 g/mol. The number of nitrogens with one attached hydrogen (secondary N) is 1. The molecule has 0 saturated heterocycles. The van der Waals surface area contributed by atoms with Gasteiger partial charge in [-0.05, 0) is 49.6 Å². The number of hydrogen-bond acceptors (Lipinski definition) is 3. The van der Waals surface area contributed by atoms with Gasteiger partial charge in [0.15, 0.2) is 0 Å². The van der Waals surface area contributed by atoms with Gasteiger partial charge < -0.3 is 5.32 Å². The van der Waals surface area contributed by atoms with Crippen molar-refractivity contribution in [2.75, 3.05) is 12.4 Å². The zero-order chi connectivity index (χ0) is 18.2. The molecule has 1 aromatic carbocycles. The van der Waals surface area contributed by atoms with Crippen LogP contribution in [-0.2, 0) is 17.8 Å². The van der Waals surface area contributed by atoms with Crippen molar-refractivity contribution in [3.8, 4) is 0 Å². The lowest BCUT2D eigenvalue weighted by Gasteiger charge is -2.31. The highest BCUT2D eigenvalue weighted by Gasteiger charge is 2.19. The van der Waals surface area contributed by atoms with Crippen molar-refractivity contribution in [2.45, 2.75) is 57.5 Å². The molecule has 0 radical (unpaired) electrons. The van der Waals surface area contributed by atoms with Gasteiger partial charge in [0.25, 0.3) is 0 Å². The Kier molecular flexibility index (Phi) is 6.78. The molecule has 1 saturated carbocycles. The van der Waals surface area contributed by atoms with Gasteiger partial charge in [-0.15, -0.1) is 0 Å². The van der Waals surface area contributed by atoms with Crippen molar-refractivity contribution in [3.63, 3.8) is 0 Å². The van der Waals surface area contributed by atoms with E-state index in [-0.39, 0.29) is 5.91 Å². The van der Waals surface area contributed by atoms with Crippen LogP contribution in [0.4, 0.5) is 5.69 Å². The summed E-state index contributed by atoms with van der Waals surface area (Å²) in [5.41, 5.74) is 3.22. The maximum Gasteiger partial charge on any atom is 0.224 e. The number of rotatable bonds is 7. The molecule has 138 valence electrons. The fraction of sp³-hybridized carbons (Fsp3) is 0.455. The minimum atomic E-state index is 0.0571. The molecular weight excluding hydrogens is 322 g/mol. The Morgan fingerprint density at radius 1 is 1.15 bits per heavy atom. The van der Waals surface area contributed by atoms with E-state index in [4.69, 9.17) is 0 Å². The predicted molar refractivity (Wildman–Crippen MR) is 106 cm³/mol. The summed E-state index contributed by atoms with van der Waals surface area (Å²) < 4.78 is 0. The van der Waals surface area contributed by atoms with E-state index >= 15 is 0 Å². The Bertz CT molecular complexity index is 696. The number of nitrogens with zero attached hydrogens (tertiary/aromatic N) is 2. The van der Waals surface area contributed by atoms with Crippen molar-refractivity contribution in [1.82, 2.24) is 9.88 Å². The summed E-state index contributed by atoms with van der Waals surface area (Å²) >= 11 is 0. The number of aromatic nitrogens is 1. The van der Waals surface area contributed by atoms with E-state index in [9.17, 15) is 4.79 Å². The molecule has 1 aliphatic rings. The second-order valence-electron chi connectivity index (χ2n) is 7.27. The molecule has 1 fully saturated rings. The minimum Gasteiger partial charge on any atom is -0.326 e. The third kappa shape index (κ3) is 5.40. The topological polar surface area (TPSA) is 45.2 Å². The molecule has 26 heavy (non-hydrogen) atoms. The van der Waals surface area contributed by atoms with Crippen molar-refractivity contribution >= 4 is 11.6 Å². The molecule has 1 N–H and O–H groups in total. The second-order valence-corrected chi connectivity index (χ2v) is 7.27. The zero-order valence-corrected chi connectivity index (χ0v) is 15.7. The number of amides is 1. The number of carbonyl (C=O) groups excluding carboxylic acids is 1. The van der Waals surface area contributed by atoms with Crippen LogP contribution in [0.2, 0.25) is 0 Å². The van der Waals surface area contributed by atoms with Crippen LogP contribution in [0.1, 0.15) is 49.7 Å². The third-order valence-electron chi connectivity index (χ3n) is 5.27. The third-order valence-corrected chi connectivity index (χ3v) is 5.27. The molecule has 0 spiro atoms. The summed E-state index contributed by atoms with van der Waals surface area (Å²) in [5.74, 6) is 0.0571. The van der Waals surface area contributed by atoms with Crippen molar-refractivity contribution in [2.24, 2.45) is 0 Å². The molecule has 4 heteroatoms. The largest absolute Gasteiger partial charge is 0.326 e. The Hall–Kier alpha value is -2.20. The molecular formula is C22H29N3O. The first-order chi connectivity index (χ1) is 12.7. The normalized spacial score (nSPS) is 15.2. The smallest absolute Gasteiger partial charge is 0.224 e. The first-order valence-electron chi connectivity index (χ1n) is 9.69. The highest BCUT2D eigenvalue weighted by molar-refractivity contribution is 5.91. The monoisotopic (exact) mass is 351 g/mol. The van der Waals surface area contributed by atoms with Gasteiger partial charge in [-0.25, -0.2) is 0 Å². The first kappa shape index (κ1) is 18.6. The van der Waals surface area contributed by atoms with Gasteiger partial charge in [0.05, 0.1) is 0 Å². The van der Waals surface area contributed by atoms with Gasteiger partial charge in [-0.3, -0.25) is 14.7 Å².